The molecular weight excluding hydrogens is 314 g/mol. The molecule has 1 saturated heterocycles. The summed E-state index contributed by atoms with van der Waals surface area (Å²) in [6, 6.07) is 0. The number of halogens is 1. The first-order chi connectivity index (χ1) is 9.32. The Bertz CT molecular complexity index is 397. The smallest absolute Gasteiger partial charge is 0.306 e. The van der Waals surface area contributed by atoms with Gasteiger partial charge in [0.1, 0.15) is 9.84 Å². The minimum absolute atomic E-state index is 0. The fourth-order valence-electron chi connectivity index (χ4n) is 2.54. The number of sulfone groups is 1. The molecule has 0 unspecified atom stereocenters. The first-order valence-corrected chi connectivity index (χ1v) is 9.20. The van der Waals surface area contributed by atoms with E-state index in [9.17, 15) is 13.2 Å². The van der Waals surface area contributed by atoms with Gasteiger partial charge in [-0.05, 0) is 43.6 Å². The van der Waals surface area contributed by atoms with Crippen molar-refractivity contribution >= 4 is 28.2 Å². The molecular formula is C14H28ClNO4S. The molecule has 0 spiro atoms. The van der Waals surface area contributed by atoms with E-state index in [1.165, 1.54) is 0 Å². The van der Waals surface area contributed by atoms with Crippen molar-refractivity contribution in [2.24, 2.45) is 23.5 Å². The van der Waals surface area contributed by atoms with E-state index in [2.05, 4.69) is 13.8 Å². The van der Waals surface area contributed by atoms with Crippen LogP contribution >= 0.6 is 12.4 Å². The monoisotopic (exact) mass is 341 g/mol. The molecule has 0 aromatic rings. The van der Waals surface area contributed by atoms with Gasteiger partial charge in [-0.15, -0.1) is 12.4 Å². The van der Waals surface area contributed by atoms with Gasteiger partial charge < -0.3 is 10.5 Å². The van der Waals surface area contributed by atoms with Gasteiger partial charge in [0, 0.05) is 6.42 Å². The fraction of sp³-hybridized carbons (Fsp3) is 0.929. The van der Waals surface area contributed by atoms with Crippen LogP contribution in [0, 0.1) is 17.8 Å². The number of esters is 1. The zero-order chi connectivity index (χ0) is 15.2. The number of nitrogens with two attached hydrogens (primary N) is 1. The van der Waals surface area contributed by atoms with E-state index in [-0.39, 0.29) is 41.7 Å². The summed E-state index contributed by atoms with van der Waals surface area (Å²) in [5.74, 6) is 1.09. The number of hydrogen-bond donors (Lipinski definition) is 1. The maximum Gasteiger partial charge on any atom is 0.306 e. The molecule has 7 heteroatoms. The van der Waals surface area contributed by atoms with Crippen LogP contribution in [0.3, 0.4) is 0 Å². The van der Waals surface area contributed by atoms with E-state index in [1.807, 2.05) is 0 Å². The van der Waals surface area contributed by atoms with E-state index >= 15 is 0 Å². The Morgan fingerprint density at radius 1 is 1.29 bits per heavy atom. The molecule has 0 aliphatic carbocycles. The van der Waals surface area contributed by atoms with Crippen molar-refractivity contribution in [1.29, 1.82) is 0 Å². The van der Waals surface area contributed by atoms with Crippen LogP contribution in [0.5, 0.6) is 0 Å². The summed E-state index contributed by atoms with van der Waals surface area (Å²) in [5.41, 5.74) is 5.66. The quantitative estimate of drug-likeness (QED) is 0.713. The summed E-state index contributed by atoms with van der Waals surface area (Å²) in [6.07, 6.45) is 2.48. The molecule has 0 radical (unpaired) electrons. The summed E-state index contributed by atoms with van der Waals surface area (Å²) in [5, 5.41) is 0. The van der Waals surface area contributed by atoms with Gasteiger partial charge in [-0.2, -0.15) is 0 Å². The van der Waals surface area contributed by atoms with Crippen LogP contribution in [0.2, 0.25) is 0 Å². The normalized spacial score (nSPS) is 19.8. The third-order valence-corrected chi connectivity index (χ3v) is 5.46. The topological polar surface area (TPSA) is 86.5 Å². The van der Waals surface area contributed by atoms with Crippen molar-refractivity contribution in [2.75, 3.05) is 24.7 Å². The molecule has 1 rings (SSSR count). The summed E-state index contributed by atoms with van der Waals surface area (Å²) in [4.78, 5) is 11.8. The van der Waals surface area contributed by atoms with Gasteiger partial charge in [-0.25, -0.2) is 8.42 Å². The first-order valence-electron chi connectivity index (χ1n) is 7.38. The lowest BCUT2D eigenvalue weighted by Crippen LogP contribution is -2.28. The Kier molecular flexibility index (Phi) is 9.49. The average molecular weight is 342 g/mol. The minimum atomic E-state index is -2.85. The van der Waals surface area contributed by atoms with Crippen molar-refractivity contribution in [3.63, 3.8) is 0 Å². The predicted molar refractivity (Wildman–Crippen MR) is 86.2 cm³/mol. The van der Waals surface area contributed by atoms with E-state index in [4.69, 9.17) is 10.5 Å². The van der Waals surface area contributed by atoms with E-state index < -0.39 is 9.84 Å². The van der Waals surface area contributed by atoms with Crippen LogP contribution in [0.4, 0.5) is 0 Å². The van der Waals surface area contributed by atoms with Crippen LogP contribution in [0.1, 0.15) is 39.5 Å². The van der Waals surface area contributed by atoms with Crippen LogP contribution < -0.4 is 5.73 Å². The number of ether oxygens (including phenoxy) is 1. The first kappa shape index (κ1) is 20.7. The Balaban J connectivity index is 0.00000400. The molecule has 0 aromatic carbocycles. The molecule has 5 nitrogen and oxygen atoms in total. The van der Waals surface area contributed by atoms with Crippen LogP contribution in [0.15, 0.2) is 0 Å². The van der Waals surface area contributed by atoms with Crippen molar-refractivity contribution < 1.29 is 17.9 Å². The molecule has 2 N–H and O–H groups in total. The van der Waals surface area contributed by atoms with Crippen molar-refractivity contribution in [2.45, 2.75) is 39.5 Å². The van der Waals surface area contributed by atoms with Crippen molar-refractivity contribution in [3.8, 4) is 0 Å². The Morgan fingerprint density at radius 2 is 1.86 bits per heavy atom. The van der Waals surface area contributed by atoms with Gasteiger partial charge in [0.05, 0.1) is 18.1 Å². The summed E-state index contributed by atoms with van der Waals surface area (Å²) in [7, 11) is -2.85. The van der Waals surface area contributed by atoms with Gasteiger partial charge >= 0.3 is 5.97 Å². The van der Waals surface area contributed by atoms with Crippen molar-refractivity contribution in [3.05, 3.63) is 0 Å². The van der Waals surface area contributed by atoms with Gasteiger partial charge in [0.25, 0.3) is 0 Å². The lowest BCUT2D eigenvalue weighted by molar-refractivity contribution is -0.146. The van der Waals surface area contributed by atoms with Crippen LogP contribution in [-0.4, -0.2) is 39.0 Å². The number of hydrogen-bond acceptors (Lipinski definition) is 5. The SMILES string of the molecule is CC(C)C[C@H](CN)CC(=O)OCC1CCS(=O)(=O)CC1.Cl. The molecule has 0 saturated carbocycles. The van der Waals surface area contributed by atoms with Gasteiger partial charge in [0.15, 0.2) is 0 Å². The molecule has 0 aromatic heterocycles. The van der Waals surface area contributed by atoms with E-state index in [0.29, 0.717) is 38.3 Å². The molecule has 21 heavy (non-hydrogen) atoms. The fourth-order valence-corrected chi connectivity index (χ4v) is 4.13. The Morgan fingerprint density at radius 3 is 2.33 bits per heavy atom. The summed E-state index contributed by atoms with van der Waals surface area (Å²) >= 11 is 0. The minimum Gasteiger partial charge on any atom is -0.465 e. The lowest BCUT2D eigenvalue weighted by Gasteiger charge is -2.22. The maximum atomic E-state index is 11.8. The average Bonchev–Trinajstić information content (AvgIpc) is 2.36. The van der Waals surface area contributed by atoms with Gasteiger partial charge in [-0.3, -0.25) is 4.79 Å². The largest absolute Gasteiger partial charge is 0.465 e. The summed E-state index contributed by atoms with van der Waals surface area (Å²) in [6.45, 7) is 5.05. The van der Waals surface area contributed by atoms with E-state index in [1.54, 1.807) is 0 Å². The molecule has 1 aliphatic rings. The highest BCUT2D eigenvalue weighted by molar-refractivity contribution is 7.91. The predicted octanol–water partition coefficient (Wildman–Crippen LogP) is 1.79. The third kappa shape index (κ3) is 8.63. The second-order valence-corrected chi connectivity index (χ2v) is 8.52. The third-order valence-electron chi connectivity index (χ3n) is 3.75. The lowest BCUT2D eigenvalue weighted by atomic mass is 9.94. The molecule has 1 fully saturated rings. The number of carbonyl (C=O) groups excluding carboxylic acids is 1. The second-order valence-electron chi connectivity index (χ2n) is 6.21. The molecule has 1 aliphatic heterocycles. The van der Waals surface area contributed by atoms with Gasteiger partial charge in [0.2, 0.25) is 0 Å². The second kappa shape index (κ2) is 9.64. The van der Waals surface area contributed by atoms with Crippen molar-refractivity contribution in [1.82, 2.24) is 0 Å². The summed E-state index contributed by atoms with van der Waals surface area (Å²) < 4.78 is 27.9. The highest BCUT2D eigenvalue weighted by Crippen LogP contribution is 2.20. The maximum absolute atomic E-state index is 11.8. The van der Waals surface area contributed by atoms with Gasteiger partial charge in [-0.1, -0.05) is 13.8 Å². The molecule has 1 atom stereocenters. The molecule has 126 valence electrons. The number of rotatable bonds is 7. The molecule has 1 heterocycles. The Hall–Kier alpha value is -0.330. The molecule has 0 amide bonds. The number of carbonyl (C=O) groups is 1. The highest BCUT2D eigenvalue weighted by atomic mass is 35.5. The van der Waals surface area contributed by atoms with Crippen LogP contribution in [-0.2, 0) is 19.4 Å². The zero-order valence-corrected chi connectivity index (χ0v) is 14.5. The highest BCUT2D eigenvalue weighted by Gasteiger charge is 2.25. The van der Waals surface area contributed by atoms with E-state index in [0.717, 1.165) is 6.42 Å². The standard InChI is InChI=1S/C14H27NO4S.ClH/c1-11(2)7-13(9-15)8-14(16)19-10-12-3-5-20(17,18)6-4-12;/h11-13H,3-10,15H2,1-2H3;1H/t13-;/m0./s1. The van der Waals surface area contributed by atoms with Crippen LogP contribution in [0.25, 0.3) is 0 Å². The zero-order valence-electron chi connectivity index (χ0n) is 12.9. The molecule has 0 bridgehead atoms. The Labute approximate surface area is 134 Å².